The molecule has 5 nitrogen and oxygen atoms in total. The number of aliphatic imine (C=N–C) groups is 1. The Bertz CT molecular complexity index is 1130. The first-order chi connectivity index (χ1) is 14.3. The van der Waals surface area contributed by atoms with Crippen molar-refractivity contribution in [1.82, 2.24) is 9.27 Å². The van der Waals surface area contributed by atoms with Gasteiger partial charge in [0.2, 0.25) is 5.06 Å². The van der Waals surface area contributed by atoms with Crippen LogP contribution in [-0.4, -0.2) is 28.7 Å². The lowest BCUT2D eigenvalue weighted by Crippen LogP contribution is -2.24. The molecule has 0 aliphatic carbocycles. The predicted molar refractivity (Wildman–Crippen MR) is 124 cm³/mol. The third kappa shape index (κ3) is 4.64. The van der Waals surface area contributed by atoms with E-state index in [0.717, 1.165) is 28.3 Å². The van der Waals surface area contributed by atoms with Crippen LogP contribution in [0.1, 0.15) is 30.5 Å². The fourth-order valence-electron chi connectivity index (χ4n) is 2.69. The normalized spacial score (nSPS) is 11.1. The summed E-state index contributed by atoms with van der Waals surface area (Å²) in [6, 6.07) is 13.8. The smallest absolute Gasteiger partial charge is 0.218 e. The number of hydrogen-bond acceptors (Lipinski definition) is 5. The van der Waals surface area contributed by atoms with Crippen LogP contribution in [0, 0.1) is 25.2 Å². The number of halogens is 1. The number of nitrogens with zero attached hydrogens (tertiary/aromatic N) is 4. The molecule has 154 valence electrons. The molecule has 0 spiro atoms. The fraction of sp³-hybridized carbons (Fsp3) is 0.261. The highest BCUT2D eigenvalue weighted by molar-refractivity contribution is 7.08. The van der Waals surface area contributed by atoms with Crippen molar-refractivity contribution >= 4 is 35.2 Å². The molecule has 0 atom stereocenters. The van der Waals surface area contributed by atoms with Crippen molar-refractivity contribution in [2.75, 3.05) is 7.05 Å². The maximum atomic E-state index is 9.72. The van der Waals surface area contributed by atoms with Crippen LogP contribution in [0.15, 0.2) is 41.4 Å². The molecule has 0 fully saturated rings. The third-order valence-electron chi connectivity index (χ3n) is 4.79. The van der Waals surface area contributed by atoms with Gasteiger partial charge in [-0.3, -0.25) is 0 Å². The van der Waals surface area contributed by atoms with Crippen LogP contribution >= 0.6 is 23.1 Å². The molecule has 0 amide bonds. The highest BCUT2D eigenvalue weighted by Gasteiger charge is 2.20. The Morgan fingerprint density at radius 3 is 2.63 bits per heavy atom. The molecule has 0 bridgehead atoms. The number of nitriles is 1. The summed E-state index contributed by atoms with van der Waals surface area (Å²) in [7, 11) is 2.00. The van der Waals surface area contributed by atoms with E-state index in [1.165, 1.54) is 0 Å². The topological polar surface area (TPSA) is 61.5 Å². The van der Waals surface area contributed by atoms with Gasteiger partial charge in [-0.1, -0.05) is 29.8 Å². The van der Waals surface area contributed by atoms with Gasteiger partial charge in [-0.25, -0.2) is 4.99 Å². The minimum Gasteiger partial charge on any atom is -0.443 e. The molecule has 0 unspecified atom stereocenters. The van der Waals surface area contributed by atoms with E-state index in [1.807, 2.05) is 62.5 Å². The van der Waals surface area contributed by atoms with Gasteiger partial charge in [0.05, 0.1) is 17.0 Å². The van der Waals surface area contributed by atoms with Gasteiger partial charge in [-0.05, 0) is 57.0 Å². The lowest BCUT2D eigenvalue weighted by Gasteiger charge is -2.17. The molecular weight excluding hydrogens is 416 g/mol. The van der Waals surface area contributed by atoms with Crippen molar-refractivity contribution in [3.63, 3.8) is 0 Å². The number of hydrogen-bond donors (Lipinski definition) is 0. The maximum Gasteiger partial charge on any atom is 0.218 e. The first-order valence-electron chi connectivity index (χ1n) is 9.51. The molecular formula is C23H23ClN4OS. The van der Waals surface area contributed by atoms with Gasteiger partial charge >= 0.3 is 0 Å². The van der Waals surface area contributed by atoms with Crippen LogP contribution in [0.3, 0.4) is 0 Å². The zero-order valence-electron chi connectivity index (χ0n) is 17.6. The molecule has 7 heteroatoms. The van der Waals surface area contributed by atoms with Crippen LogP contribution in [0.2, 0.25) is 5.02 Å². The van der Waals surface area contributed by atoms with Crippen LogP contribution in [0.4, 0.5) is 5.69 Å². The summed E-state index contributed by atoms with van der Waals surface area (Å²) in [6.45, 7) is 8.17. The van der Waals surface area contributed by atoms with Gasteiger partial charge in [0, 0.05) is 30.2 Å². The predicted octanol–water partition coefficient (Wildman–Crippen LogP) is 6.74. The second-order valence-corrected chi connectivity index (χ2v) is 8.44. The number of ether oxygens (including phenoxy) is 1. The van der Waals surface area contributed by atoms with Crippen molar-refractivity contribution < 1.29 is 4.74 Å². The summed E-state index contributed by atoms with van der Waals surface area (Å²) in [4.78, 5) is 6.64. The fourth-order valence-corrected chi connectivity index (χ4v) is 3.64. The summed E-state index contributed by atoms with van der Waals surface area (Å²) in [5.41, 5.74) is 4.43. The Hall–Kier alpha value is -2.88. The Labute approximate surface area is 186 Å². The first-order valence-corrected chi connectivity index (χ1v) is 10.7. The number of aryl methyl sites for hydroxylation is 2. The van der Waals surface area contributed by atoms with E-state index in [2.05, 4.69) is 29.3 Å². The number of rotatable bonds is 6. The quantitative estimate of drug-likeness (QED) is 0.315. The number of benzene rings is 2. The van der Waals surface area contributed by atoms with Crippen LogP contribution in [0.25, 0.3) is 11.3 Å². The van der Waals surface area contributed by atoms with Crippen molar-refractivity contribution in [3.05, 3.63) is 58.1 Å². The van der Waals surface area contributed by atoms with E-state index < -0.39 is 0 Å². The Morgan fingerprint density at radius 2 is 1.97 bits per heavy atom. The molecule has 0 radical (unpaired) electrons. The molecule has 1 aromatic heterocycles. The minimum absolute atomic E-state index is 0.376. The van der Waals surface area contributed by atoms with Crippen molar-refractivity contribution in [1.29, 1.82) is 5.26 Å². The summed E-state index contributed by atoms with van der Waals surface area (Å²) in [6.07, 6.45) is 1.83. The minimum atomic E-state index is 0.376. The molecule has 0 aliphatic heterocycles. The van der Waals surface area contributed by atoms with E-state index in [0.29, 0.717) is 38.7 Å². The van der Waals surface area contributed by atoms with Gasteiger partial charge in [0.15, 0.2) is 0 Å². The monoisotopic (exact) mass is 438 g/mol. The molecule has 3 rings (SSSR count). The second kappa shape index (κ2) is 9.29. The van der Waals surface area contributed by atoms with Crippen molar-refractivity contribution in [2.45, 2.75) is 33.7 Å². The SMILES string of the molecule is Cc1cc(Oc2snc(-c3ccccc3Cl)c2C#N)c(C)cc1/N=C\N(C)C(C)C. The lowest BCUT2D eigenvalue weighted by atomic mass is 10.1. The largest absolute Gasteiger partial charge is 0.443 e. The maximum absolute atomic E-state index is 9.72. The highest BCUT2D eigenvalue weighted by atomic mass is 35.5. The van der Waals surface area contributed by atoms with Crippen molar-refractivity contribution in [3.8, 4) is 28.1 Å². The zero-order valence-corrected chi connectivity index (χ0v) is 19.2. The molecule has 0 aliphatic rings. The van der Waals surface area contributed by atoms with E-state index in [1.54, 1.807) is 6.07 Å². The van der Waals surface area contributed by atoms with Crippen LogP contribution < -0.4 is 4.74 Å². The van der Waals surface area contributed by atoms with E-state index >= 15 is 0 Å². The standard InChI is InChI=1S/C23H23ClN4OS/c1-14(2)28(5)13-26-20-10-16(4)21(11-15(20)3)29-23-18(12-25)22(27-30-23)17-8-6-7-9-19(17)24/h6-11,13-14H,1-5H3/b26-13-. The van der Waals surface area contributed by atoms with Crippen LogP contribution in [-0.2, 0) is 0 Å². The van der Waals surface area contributed by atoms with E-state index in [4.69, 9.17) is 16.3 Å². The second-order valence-electron chi connectivity index (χ2n) is 7.30. The molecule has 2 aromatic carbocycles. The average molecular weight is 439 g/mol. The summed E-state index contributed by atoms with van der Waals surface area (Å²) in [5, 5.41) is 10.7. The summed E-state index contributed by atoms with van der Waals surface area (Å²) in [5.74, 6) is 0.675. The van der Waals surface area contributed by atoms with Gasteiger partial charge in [0.1, 0.15) is 23.1 Å². The zero-order chi connectivity index (χ0) is 21.8. The van der Waals surface area contributed by atoms with Gasteiger partial charge < -0.3 is 9.64 Å². The van der Waals surface area contributed by atoms with Crippen molar-refractivity contribution in [2.24, 2.45) is 4.99 Å². The Morgan fingerprint density at radius 1 is 1.23 bits per heavy atom. The van der Waals surface area contributed by atoms with Gasteiger partial charge in [0.25, 0.3) is 0 Å². The summed E-state index contributed by atoms with van der Waals surface area (Å²) >= 11 is 7.44. The summed E-state index contributed by atoms with van der Waals surface area (Å²) < 4.78 is 10.5. The van der Waals surface area contributed by atoms with Crippen LogP contribution in [0.5, 0.6) is 10.8 Å². The average Bonchev–Trinajstić information content (AvgIpc) is 3.11. The first kappa shape index (κ1) is 21.8. The lowest BCUT2D eigenvalue weighted by molar-refractivity contribution is 0.429. The number of aromatic nitrogens is 1. The molecule has 30 heavy (non-hydrogen) atoms. The van der Waals surface area contributed by atoms with Gasteiger partial charge in [-0.2, -0.15) is 9.64 Å². The molecule has 0 N–H and O–H groups in total. The van der Waals surface area contributed by atoms with E-state index in [9.17, 15) is 5.26 Å². The third-order valence-corrected chi connectivity index (χ3v) is 5.85. The Balaban J connectivity index is 1.92. The molecule has 0 saturated heterocycles. The van der Waals surface area contributed by atoms with E-state index in [-0.39, 0.29) is 0 Å². The molecule has 3 aromatic rings. The highest BCUT2D eigenvalue weighted by Crippen LogP contribution is 2.40. The Kier molecular flexibility index (Phi) is 6.76. The molecule has 1 heterocycles. The molecule has 0 saturated carbocycles. The van der Waals surface area contributed by atoms with Gasteiger partial charge in [-0.15, -0.1) is 0 Å².